The highest BCUT2D eigenvalue weighted by atomic mass is 31.3. The molecule has 0 saturated carbocycles. The molecule has 0 radical (unpaired) electrons. The van der Waals surface area contributed by atoms with Crippen LogP contribution in [0, 0.1) is 0 Å². The predicted molar refractivity (Wildman–Crippen MR) is 44.6 cm³/mol. The molecule has 0 atom stereocenters. The molecule has 0 aliphatic rings. The van der Waals surface area contributed by atoms with Gasteiger partial charge in [0.25, 0.3) is 0 Å². The predicted octanol–water partition coefficient (Wildman–Crippen LogP) is -0.898. The van der Waals surface area contributed by atoms with Crippen molar-refractivity contribution in [1.82, 2.24) is 4.44 Å². The lowest BCUT2D eigenvalue weighted by atomic mass is 10.8. The Kier molecular flexibility index (Phi) is 6.26. The van der Waals surface area contributed by atoms with E-state index in [4.69, 9.17) is 24.7 Å². The molecule has 0 aromatic rings. The van der Waals surface area contributed by atoms with Crippen LogP contribution in [0.1, 0.15) is 7.43 Å². The molecule has 82 valence electrons. The van der Waals surface area contributed by atoms with Gasteiger partial charge in [0.2, 0.25) is 0 Å². The average molecular weight is 237 g/mol. The van der Waals surface area contributed by atoms with Crippen molar-refractivity contribution >= 4 is 15.5 Å². The van der Waals surface area contributed by atoms with Crippen LogP contribution in [0.4, 0.5) is 0 Å². The van der Waals surface area contributed by atoms with E-state index in [1.807, 2.05) is 0 Å². The maximum Gasteiger partial charge on any atom is 0.412 e. The van der Waals surface area contributed by atoms with E-state index in [-0.39, 0.29) is 11.9 Å². The van der Waals surface area contributed by atoms with Crippen molar-refractivity contribution in [2.75, 3.05) is 13.2 Å². The second-order valence-corrected chi connectivity index (χ2v) is 5.18. The number of hydrogen-bond acceptors (Lipinski definition) is 3. The summed E-state index contributed by atoms with van der Waals surface area (Å²) in [6.07, 6.45) is 0. The van der Waals surface area contributed by atoms with Crippen molar-refractivity contribution in [1.29, 1.82) is 0 Å². The third-order valence-corrected chi connectivity index (χ3v) is 3.90. The molecule has 0 bridgehead atoms. The maximum absolute atomic E-state index is 10.4. The SMILES string of the molecule is C.O=P(O)(O)N(CCO)P(=O)(O)O. The van der Waals surface area contributed by atoms with Crippen molar-refractivity contribution in [2.24, 2.45) is 0 Å². The standard InChI is InChI=1S/C2H9NO7P2.CH4/c4-2-1-3(11(5,6)7)12(8,9)10;/h4H,1-2H2,(H2,5,6,7)(H2,8,9,10);1H4. The van der Waals surface area contributed by atoms with Gasteiger partial charge < -0.3 is 24.7 Å². The van der Waals surface area contributed by atoms with Gasteiger partial charge in [0.15, 0.2) is 0 Å². The summed E-state index contributed by atoms with van der Waals surface area (Å²) in [5, 5.41) is 8.24. The average Bonchev–Trinajstić information content (AvgIpc) is 1.77. The number of aliphatic hydroxyl groups is 1. The summed E-state index contributed by atoms with van der Waals surface area (Å²) in [5.41, 5.74) is 0. The summed E-state index contributed by atoms with van der Waals surface area (Å²) in [6.45, 7) is -1.54. The first-order valence-electron chi connectivity index (χ1n) is 2.70. The highest BCUT2D eigenvalue weighted by Gasteiger charge is 2.38. The monoisotopic (exact) mass is 237 g/mol. The van der Waals surface area contributed by atoms with E-state index in [2.05, 4.69) is 0 Å². The fourth-order valence-electron chi connectivity index (χ4n) is 0.502. The van der Waals surface area contributed by atoms with E-state index >= 15 is 0 Å². The van der Waals surface area contributed by atoms with E-state index in [0.29, 0.717) is 0 Å². The number of aliphatic hydroxyl groups excluding tert-OH is 1. The molecule has 0 heterocycles. The van der Waals surface area contributed by atoms with Crippen LogP contribution >= 0.6 is 15.5 Å². The van der Waals surface area contributed by atoms with E-state index in [1.54, 1.807) is 0 Å². The molecule has 0 aliphatic heterocycles. The minimum atomic E-state index is -5.00. The van der Waals surface area contributed by atoms with E-state index < -0.39 is 28.6 Å². The Morgan fingerprint density at radius 2 is 1.31 bits per heavy atom. The van der Waals surface area contributed by atoms with Gasteiger partial charge in [-0.1, -0.05) is 7.43 Å². The molecule has 0 unspecified atom stereocenters. The molecular weight excluding hydrogens is 224 g/mol. The molecular formula is C3H13NO7P2. The number of hydrogen-bond donors (Lipinski definition) is 5. The molecule has 0 spiro atoms. The lowest BCUT2D eigenvalue weighted by molar-refractivity contribution is 0.227. The Hall–Kier alpha value is 0.220. The Balaban J connectivity index is 0. The lowest BCUT2D eigenvalue weighted by Gasteiger charge is -2.21. The lowest BCUT2D eigenvalue weighted by Crippen LogP contribution is -2.20. The van der Waals surface area contributed by atoms with Crippen molar-refractivity contribution < 1.29 is 33.8 Å². The molecule has 5 N–H and O–H groups in total. The minimum Gasteiger partial charge on any atom is -0.395 e. The van der Waals surface area contributed by atoms with Crippen molar-refractivity contribution in [3.63, 3.8) is 0 Å². The molecule has 8 nitrogen and oxygen atoms in total. The summed E-state index contributed by atoms with van der Waals surface area (Å²) >= 11 is 0. The molecule has 10 heteroatoms. The highest BCUT2D eigenvalue weighted by Crippen LogP contribution is 2.57. The summed E-state index contributed by atoms with van der Waals surface area (Å²) in [4.78, 5) is 33.5. The van der Waals surface area contributed by atoms with Crippen LogP contribution in [-0.4, -0.2) is 42.3 Å². The second-order valence-electron chi connectivity index (χ2n) is 1.85. The van der Waals surface area contributed by atoms with Gasteiger partial charge in [-0.05, 0) is 0 Å². The second kappa shape index (κ2) is 5.19. The minimum absolute atomic E-state index is 0. The first-order valence-corrected chi connectivity index (χ1v) is 5.83. The summed E-state index contributed by atoms with van der Waals surface area (Å²) in [7, 11) is -10.0. The van der Waals surface area contributed by atoms with Crippen LogP contribution in [0.5, 0.6) is 0 Å². The Bertz CT molecular complexity index is 208. The van der Waals surface area contributed by atoms with Gasteiger partial charge in [-0.15, -0.1) is 4.44 Å². The number of nitrogens with zero attached hydrogens (tertiary/aromatic N) is 1. The molecule has 0 aromatic heterocycles. The van der Waals surface area contributed by atoms with Crippen LogP contribution in [-0.2, 0) is 9.13 Å². The van der Waals surface area contributed by atoms with Crippen LogP contribution in [0.15, 0.2) is 0 Å². The molecule has 0 saturated heterocycles. The maximum atomic E-state index is 10.4. The van der Waals surface area contributed by atoms with Crippen LogP contribution in [0.3, 0.4) is 0 Å². The zero-order valence-electron chi connectivity index (χ0n) is 5.81. The molecule has 0 aromatic carbocycles. The topological polar surface area (TPSA) is 139 Å². The zero-order chi connectivity index (χ0) is 9.99. The summed E-state index contributed by atoms with van der Waals surface area (Å²) in [5.74, 6) is 0. The Morgan fingerprint density at radius 3 is 1.38 bits per heavy atom. The van der Waals surface area contributed by atoms with E-state index in [1.165, 1.54) is 0 Å². The van der Waals surface area contributed by atoms with Crippen LogP contribution in [0.25, 0.3) is 0 Å². The van der Waals surface area contributed by atoms with Gasteiger partial charge in [-0.25, -0.2) is 9.13 Å². The Labute approximate surface area is 75.2 Å². The summed E-state index contributed by atoms with van der Waals surface area (Å²) < 4.78 is 20.4. The first-order chi connectivity index (χ1) is 5.19. The quantitative estimate of drug-likeness (QED) is 0.396. The number of rotatable bonds is 4. The van der Waals surface area contributed by atoms with Crippen LogP contribution < -0.4 is 0 Å². The first kappa shape index (κ1) is 15.7. The summed E-state index contributed by atoms with van der Waals surface area (Å²) in [6, 6.07) is 0. The van der Waals surface area contributed by atoms with E-state index in [0.717, 1.165) is 0 Å². The third-order valence-electron chi connectivity index (χ3n) is 0.901. The zero-order valence-corrected chi connectivity index (χ0v) is 7.60. The van der Waals surface area contributed by atoms with Crippen LogP contribution in [0.2, 0.25) is 0 Å². The van der Waals surface area contributed by atoms with Gasteiger partial charge in [-0.2, -0.15) is 0 Å². The highest BCUT2D eigenvalue weighted by molar-refractivity contribution is 7.65. The van der Waals surface area contributed by atoms with Crippen molar-refractivity contribution in [3.8, 4) is 0 Å². The fourth-order valence-corrected chi connectivity index (χ4v) is 2.42. The van der Waals surface area contributed by atoms with Gasteiger partial charge >= 0.3 is 15.5 Å². The molecule has 0 amide bonds. The van der Waals surface area contributed by atoms with Gasteiger partial charge in [0.1, 0.15) is 0 Å². The van der Waals surface area contributed by atoms with Gasteiger partial charge in [0.05, 0.1) is 6.61 Å². The molecule has 0 aliphatic carbocycles. The van der Waals surface area contributed by atoms with E-state index in [9.17, 15) is 9.13 Å². The molecule has 0 fully saturated rings. The van der Waals surface area contributed by atoms with Gasteiger partial charge in [-0.3, -0.25) is 0 Å². The smallest absolute Gasteiger partial charge is 0.395 e. The van der Waals surface area contributed by atoms with Crippen molar-refractivity contribution in [2.45, 2.75) is 7.43 Å². The Morgan fingerprint density at radius 1 is 1.00 bits per heavy atom. The normalized spacial score (nSPS) is 12.8. The largest absolute Gasteiger partial charge is 0.412 e. The van der Waals surface area contributed by atoms with Crippen molar-refractivity contribution in [3.05, 3.63) is 0 Å². The third kappa shape index (κ3) is 5.51. The molecule has 13 heavy (non-hydrogen) atoms. The van der Waals surface area contributed by atoms with Gasteiger partial charge in [0, 0.05) is 6.54 Å². The molecule has 0 rings (SSSR count). The fraction of sp³-hybridized carbons (Fsp3) is 1.00.